The fraction of sp³-hybridized carbons (Fsp3) is 0.263. The van der Waals surface area contributed by atoms with Crippen molar-refractivity contribution in [2.75, 3.05) is 0 Å². The van der Waals surface area contributed by atoms with Gasteiger partial charge in [-0.3, -0.25) is 0 Å². The van der Waals surface area contributed by atoms with Crippen LogP contribution in [0.1, 0.15) is 29.6 Å². The van der Waals surface area contributed by atoms with E-state index in [4.69, 9.17) is 32.4 Å². The zero-order valence-electron chi connectivity index (χ0n) is 13.6. The summed E-state index contributed by atoms with van der Waals surface area (Å²) in [6.07, 6.45) is 1.18. The average Bonchev–Trinajstić information content (AvgIpc) is 3.19. The molecule has 0 unspecified atom stereocenters. The molecule has 1 aliphatic carbocycles. The predicted octanol–water partition coefficient (Wildman–Crippen LogP) is 4.87. The Balaban J connectivity index is 1.60. The lowest BCUT2D eigenvalue weighted by Crippen LogP contribution is -2.16. The first kappa shape index (κ1) is 17.3. The SMILES string of the molecule is O=C(O[C@H]1CC[C@H](O)C1)c1ccc2nc(-c3cc(Cl)cc(Cl)c3)oc2c1. The lowest BCUT2D eigenvalue weighted by Gasteiger charge is -2.11. The van der Waals surface area contributed by atoms with Crippen molar-refractivity contribution in [1.82, 2.24) is 4.98 Å². The summed E-state index contributed by atoms with van der Waals surface area (Å²) in [5.74, 6) is -0.0661. The Hall–Kier alpha value is -2.08. The van der Waals surface area contributed by atoms with Crippen molar-refractivity contribution >= 4 is 40.3 Å². The van der Waals surface area contributed by atoms with Gasteiger partial charge in [-0.25, -0.2) is 9.78 Å². The minimum absolute atomic E-state index is 0.243. The van der Waals surface area contributed by atoms with E-state index in [0.717, 1.165) is 0 Å². The number of ether oxygens (including phenoxy) is 1. The fourth-order valence-corrected chi connectivity index (χ4v) is 3.62. The molecule has 0 radical (unpaired) electrons. The van der Waals surface area contributed by atoms with E-state index in [1.54, 1.807) is 36.4 Å². The summed E-state index contributed by atoms with van der Waals surface area (Å²) in [4.78, 5) is 16.7. The lowest BCUT2D eigenvalue weighted by atomic mass is 10.2. The number of hydrogen-bond acceptors (Lipinski definition) is 5. The van der Waals surface area contributed by atoms with Crippen molar-refractivity contribution in [3.63, 3.8) is 0 Å². The first-order valence-corrected chi connectivity index (χ1v) is 8.99. The topological polar surface area (TPSA) is 72.6 Å². The van der Waals surface area contributed by atoms with Gasteiger partial charge in [0.05, 0.1) is 11.7 Å². The van der Waals surface area contributed by atoms with Gasteiger partial charge in [0.25, 0.3) is 0 Å². The van der Waals surface area contributed by atoms with Crippen molar-refractivity contribution in [3.8, 4) is 11.5 Å². The van der Waals surface area contributed by atoms with Crippen LogP contribution in [0.3, 0.4) is 0 Å². The molecule has 134 valence electrons. The van der Waals surface area contributed by atoms with Crippen molar-refractivity contribution in [2.24, 2.45) is 0 Å². The predicted molar refractivity (Wildman–Crippen MR) is 98.5 cm³/mol. The Labute approximate surface area is 159 Å². The molecule has 1 fully saturated rings. The van der Waals surface area contributed by atoms with Crippen molar-refractivity contribution in [1.29, 1.82) is 0 Å². The van der Waals surface area contributed by atoms with Crippen LogP contribution in [0.4, 0.5) is 0 Å². The van der Waals surface area contributed by atoms with E-state index < -0.39 is 12.1 Å². The molecule has 0 amide bonds. The molecule has 1 N–H and O–H groups in total. The maximum Gasteiger partial charge on any atom is 0.338 e. The summed E-state index contributed by atoms with van der Waals surface area (Å²) >= 11 is 12.0. The highest BCUT2D eigenvalue weighted by molar-refractivity contribution is 6.35. The molecule has 2 aromatic carbocycles. The monoisotopic (exact) mass is 391 g/mol. The quantitative estimate of drug-likeness (QED) is 0.644. The number of nitrogens with zero attached hydrogens (tertiary/aromatic N) is 1. The van der Waals surface area contributed by atoms with E-state index >= 15 is 0 Å². The third-order valence-electron chi connectivity index (χ3n) is 4.36. The standard InChI is InChI=1S/C19H15Cl2NO4/c20-12-5-11(6-13(21)8-12)18-22-16-4-1-10(7-17(16)26-18)19(24)25-15-3-2-14(23)9-15/h1,4-8,14-15,23H,2-3,9H2/t14-,15-/m0/s1. The molecule has 1 aromatic heterocycles. The number of fused-ring (bicyclic) bond motifs is 1. The van der Waals surface area contributed by atoms with E-state index in [-0.39, 0.29) is 6.10 Å². The zero-order valence-corrected chi connectivity index (χ0v) is 15.1. The molecule has 5 nitrogen and oxygen atoms in total. The van der Waals surface area contributed by atoms with Crippen LogP contribution >= 0.6 is 23.2 Å². The lowest BCUT2D eigenvalue weighted by molar-refractivity contribution is 0.0287. The van der Waals surface area contributed by atoms with Gasteiger partial charge in [-0.05, 0) is 49.2 Å². The molecule has 0 spiro atoms. The molecule has 1 heterocycles. The molecule has 4 rings (SSSR count). The van der Waals surface area contributed by atoms with Gasteiger partial charge in [0, 0.05) is 22.0 Å². The number of esters is 1. The maximum absolute atomic E-state index is 12.3. The molecule has 26 heavy (non-hydrogen) atoms. The third kappa shape index (κ3) is 3.56. The van der Waals surface area contributed by atoms with Crippen molar-refractivity contribution in [3.05, 3.63) is 52.0 Å². The van der Waals surface area contributed by atoms with Crippen LogP contribution in [0.15, 0.2) is 40.8 Å². The van der Waals surface area contributed by atoms with E-state index in [1.165, 1.54) is 0 Å². The smallest absolute Gasteiger partial charge is 0.338 e. The number of carbonyl (C=O) groups excluding carboxylic acids is 1. The van der Waals surface area contributed by atoms with Crippen LogP contribution in [0.25, 0.3) is 22.6 Å². The number of hydrogen-bond donors (Lipinski definition) is 1. The highest BCUT2D eigenvalue weighted by Crippen LogP contribution is 2.30. The normalized spacial score (nSPS) is 19.8. The molecular formula is C19H15Cl2NO4. The number of aromatic nitrogens is 1. The van der Waals surface area contributed by atoms with Gasteiger partial charge < -0.3 is 14.3 Å². The summed E-state index contributed by atoms with van der Waals surface area (Å²) in [6, 6.07) is 9.99. The molecule has 0 aliphatic heterocycles. The van der Waals surface area contributed by atoms with Gasteiger partial charge >= 0.3 is 5.97 Å². The number of rotatable bonds is 3. The Kier molecular flexibility index (Phi) is 4.61. The maximum atomic E-state index is 12.3. The van der Waals surface area contributed by atoms with Crippen molar-refractivity contribution in [2.45, 2.75) is 31.5 Å². The summed E-state index contributed by atoms with van der Waals surface area (Å²) in [7, 11) is 0. The van der Waals surface area contributed by atoms with Crippen LogP contribution < -0.4 is 0 Å². The highest BCUT2D eigenvalue weighted by atomic mass is 35.5. The Morgan fingerprint density at radius 3 is 2.62 bits per heavy atom. The van der Waals surface area contributed by atoms with Crippen LogP contribution in [0, 0.1) is 0 Å². The first-order chi connectivity index (χ1) is 12.5. The second kappa shape index (κ2) is 6.91. The van der Waals surface area contributed by atoms with Crippen molar-refractivity contribution < 1.29 is 19.1 Å². The van der Waals surface area contributed by atoms with Gasteiger partial charge in [0.15, 0.2) is 5.58 Å². The molecule has 1 saturated carbocycles. The highest BCUT2D eigenvalue weighted by Gasteiger charge is 2.26. The van der Waals surface area contributed by atoms with Gasteiger partial charge in [-0.2, -0.15) is 0 Å². The number of oxazole rings is 1. The zero-order chi connectivity index (χ0) is 18.3. The summed E-state index contributed by atoms with van der Waals surface area (Å²) in [6.45, 7) is 0. The molecule has 2 atom stereocenters. The minimum Gasteiger partial charge on any atom is -0.459 e. The second-order valence-corrected chi connectivity index (χ2v) is 7.23. The van der Waals surface area contributed by atoms with Crippen LogP contribution in [-0.2, 0) is 4.74 Å². The van der Waals surface area contributed by atoms with Crippen LogP contribution in [-0.4, -0.2) is 28.3 Å². The van der Waals surface area contributed by atoms with Gasteiger partial charge in [0.2, 0.25) is 5.89 Å². The van der Waals surface area contributed by atoms with E-state index in [1.807, 2.05) is 0 Å². The molecular weight excluding hydrogens is 377 g/mol. The fourth-order valence-electron chi connectivity index (χ4n) is 3.10. The number of aliphatic hydroxyl groups is 1. The Morgan fingerprint density at radius 1 is 1.15 bits per heavy atom. The van der Waals surface area contributed by atoms with Gasteiger partial charge in [-0.1, -0.05) is 23.2 Å². The van der Waals surface area contributed by atoms with Crippen LogP contribution in [0.2, 0.25) is 10.0 Å². The molecule has 0 bridgehead atoms. The largest absolute Gasteiger partial charge is 0.459 e. The summed E-state index contributed by atoms with van der Waals surface area (Å²) in [5, 5.41) is 10.5. The summed E-state index contributed by atoms with van der Waals surface area (Å²) < 4.78 is 11.2. The Bertz CT molecular complexity index is 965. The number of carbonyl (C=O) groups is 1. The minimum atomic E-state index is -0.435. The van der Waals surface area contributed by atoms with Crippen LogP contribution in [0.5, 0.6) is 0 Å². The third-order valence-corrected chi connectivity index (χ3v) is 4.80. The Morgan fingerprint density at radius 2 is 1.92 bits per heavy atom. The molecule has 7 heteroatoms. The van der Waals surface area contributed by atoms with E-state index in [2.05, 4.69) is 4.98 Å². The number of benzene rings is 2. The molecule has 1 aliphatic rings. The summed E-state index contributed by atoms with van der Waals surface area (Å²) in [5.41, 5.74) is 2.12. The van der Waals surface area contributed by atoms with E-state index in [9.17, 15) is 9.90 Å². The first-order valence-electron chi connectivity index (χ1n) is 8.24. The second-order valence-electron chi connectivity index (χ2n) is 6.35. The number of halogens is 2. The van der Waals surface area contributed by atoms with E-state index in [0.29, 0.717) is 57.4 Å². The van der Waals surface area contributed by atoms with Gasteiger partial charge in [-0.15, -0.1) is 0 Å². The number of aliphatic hydroxyl groups excluding tert-OH is 1. The van der Waals surface area contributed by atoms with Gasteiger partial charge in [0.1, 0.15) is 11.6 Å². The molecule has 0 saturated heterocycles. The average molecular weight is 392 g/mol. The molecule has 3 aromatic rings.